The van der Waals surface area contributed by atoms with E-state index in [9.17, 15) is 5.11 Å². The second kappa shape index (κ2) is 5.08. The van der Waals surface area contributed by atoms with Crippen LogP contribution < -0.4 is 5.32 Å². The Morgan fingerprint density at radius 3 is 2.83 bits per heavy atom. The van der Waals surface area contributed by atoms with Gasteiger partial charge in [0, 0.05) is 10.9 Å². The predicted octanol–water partition coefficient (Wildman–Crippen LogP) is 1.96. The molecule has 1 aromatic carbocycles. The Kier molecular flexibility index (Phi) is 3.68. The van der Waals surface area contributed by atoms with Crippen LogP contribution >= 0.6 is 0 Å². The predicted molar refractivity (Wildman–Crippen MR) is 73.6 cm³/mol. The Morgan fingerprint density at radius 1 is 1.44 bits per heavy atom. The van der Waals surface area contributed by atoms with Crippen molar-refractivity contribution in [3.63, 3.8) is 0 Å². The lowest BCUT2D eigenvalue weighted by molar-refractivity contribution is 0.157. The van der Waals surface area contributed by atoms with Crippen LogP contribution in [0.25, 0.3) is 10.9 Å². The first-order valence-corrected chi connectivity index (χ1v) is 6.31. The highest BCUT2D eigenvalue weighted by molar-refractivity contribution is 5.78. The first-order chi connectivity index (χ1) is 8.59. The molecule has 2 atom stereocenters. The van der Waals surface area contributed by atoms with E-state index in [-0.39, 0.29) is 18.2 Å². The van der Waals surface area contributed by atoms with Gasteiger partial charge < -0.3 is 10.4 Å². The van der Waals surface area contributed by atoms with Crippen LogP contribution in [0.1, 0.15) is 26.3 Å². The van der Waals surface area contributed by atoms with Crippen LogP contribution in [0.2, 0.25) is 0 Å². The number of para-hydroxylation sites is 1. The maximum atomic E-state index is 9.45. The number of aromatic nitrogens is 2. The highest BCUT2D eigenvalue weighted by Gasteiger charge is 2.25. The molecule has 1 aromatic heterocycles. The third-order valence-corrected chi connectivity index (χ3v) is 3.62. The Hall–Kier alpha value is -1.39. The molecule has 0 aliphatic carbocycles. The monoisotopic (exact) mass is 247 g/mol. The molecule has 18 heavy (non-hydrogen) atoms. The fourth-order valence-electron chi connectivity index (χ4n) is 2.33. The van der Waals surface area contributed by atoms with Gasteiger partial charge in [-0.25, -0.2) is 0 Å². The molecule has 0 radical (unpaired) electrons. The summed E-state index contributed by atoms with van der Waals surface area (Å²) >= 11 is 0. The number of nitrogens with one attached hydrogen (secondary N) is 1. The number of fused-ring (bicyclic) bond motifs is 1. The van der Waals surface area contributed by atoms with Crippen molar-refractivity contribution in [2.45, 2.75) is 31.8 Å². The molecule has 98 valence electrons. The van der Waals surface area contributed by atoms with E-state index in [1.54, 1.807) is 0 Å². The van der Waals surface area contributed by atoms with E-state index in [1.165, 1.54) is 0 Å². The van der Waals surface area contributed by atoms with Gasteiger partial charge in [-0.15, -0.1) is 0 Å². The molecule has 4 heteroatoms. The molecular weight excluding hydrogens is 226 g/mol. The fraction of sp³-hybridized carbons (Fsp3) is 0.500. The molecule has 0 amide bonds. The molecule has 2 unspecified atom stereocenters. The van der Waals surface area contributed by atoms with Crippen molar-refractivity contribution in [2.75, 3.05) is 13.7 Å². The number of aliphatic hydroxyl groups is 1. The number of aliphatic hydroxyl groups excluding tert-OH is 1. The molecule has 0 fully saturated rings. The van der Waals surface area contributed by atoms with Crippen LogP contribution in [0.5, 0.6) is 0 Å². The standard InChI is InChI=1S/C14H21N3O/c1-11(8-14(2,10-18)15-3)17-13-7-5-4-6-12(13)9-16-17/h4-7,9,11,15,18H,8,10H2,1-3H3. The summed E-state index contributed by atoms with van der Waals surface area (Å²) in [5.41, 5.74) is 0.869. The van der Waals surface area contributed by atoms with E-state index in [0.717, 1.165) is 17.3 Å². The van der Waals surface area contributed by atoms with E-state index >= 15 is 0 Å². The number of nitrogens with zero attached hydrogens (tertiary/aromatic N) is 2. The van der Waals surface area contributed by atoms with Crippen molar-refractivity contribution in [3.05, 3.63) is 30.5 Å². The SMILES string of the molecule is CNC(C)(CO)CC(C)n1ncc2ccccc21. The molecule has 2 N–H and O–H groups in total. The summed E-state index contributed by atoms with van der Waals surface area (Å²) < 4.78 is 2.03. The maximum Gasteiger partial charge on any atom is 0.0685 e. The van der Waals surface area contributed by atoms with E-state index in [1.807, 2.05) is 37.0 Å². The minimum Gasteiger partial charge on any atom is -0.394 e. The molecule has 1 heterocycles. The number of likely N-dealkylation sites (N-methyl/N-ethyl adjacent to an activating group) is 1. The summed E-state index contributed by atoms with van der Waals surface area (Å²) in [6.45, 7) is 4.27. The van der Waals surface area contributed by atoms with Crippen molar-refractivity contribution in [3.8, 4) is 0 Å². The Morgan fingerprint density at radius 2 is 2.17 bits per heavy atom. The van der Waals surface area contributed by atoms with Crippen molar-refractivity contribution in [1.29, 1.82) is 0 Å². The minimum absolute atomic E-state index is 0.118. The number of hydrogen-bond donors (Lipinski definition) is 2. The number of benzene rings is 1. The Bertz CT molecular complexity index is 516. The van der Waals surface area contributed by atoms with E-state index in [4.69, 9.17) is 0 Å². The quantitative estimate of drug-likeness (QED) is 0.849. The smallest absolute Gasteiger partial charge is 0.0685 e. The third-order valence-electron chi connectivity index (χ3n) is 3.62. The molecule has 2 aromatic rings. The molecule has 2 rings (SSSR count). The van der Waals surface area contributed by atoms with E-state index in [0.29, 0.717) is 0 Å². The molecule has 0 aliphatic heterocycles. The summed E-state index contributed by atoms with van der Waals surface area (Å²) in [6.07, 6.45) is 2.72. The summed E-state index contributed by atoms with van der Waals surface area (Å²) in [5, 5.41) is 18.2. The Balaban J connectivity index is 2.26. The van der Waals surface area contributed by atoms with Crippen LogP contribution in [0.4, 0.5) is 0 Å². The lowest BCUT2D eigenvalue weighted by Crippen LogP contribution is -2.45. The van der Waals surface area contributed by atoms with Crippen molar-refractivity contribution in [1.82, 2.24) is 15.1 Å². The zero-order valence-electron chi connectivity index (χ0n) is 11.2. The second-order valence-corrected chi connectivity index (χ2v) is 5.17. The van der Waals surface area contributed by atoms with Crippen LogP contribution in [-0.2, 0) is 0 Å². The van der Waals surface area contributed by atoms with Crippen LogP contribution in [0.3, 0.4) is 0 Å². The molecule has 0 saturated carbocycles. The Labute approximate surface area is 108 Å². The van der Waals surface area contributed by atoms with Gasteiger partial charge in [-0.05, 0) is 33.4 Å². The number of hydrogen-bond acceptors (Lipinski definition) is 3. The van der Waals surface area contributed by atoms with Gasteiger partial charge in [-0.2, -0.15) is 5.10 Å². The van der Waals surface area contributed by atoms with Gasteiger partial charge in [-0.3, -0.25) is 4.68 Å². The van der Waals surface area contributed by atoms with Gasteiger partial charge in [0.05, 0.1) is 24.4 Å². The largest absolute Gasteiger partial charge is 0.394 e. The van der Waals surface area contributed by atoms with Gasteiger partial charge in [0.25, 0.3) is 0 Å². The lowest BCUT2D eigenvalue weighted by atomic mass is 9.95. The van der Waals surface area contributed by atoms with Gasteiger partial charge in [0.15, 0.2) is 0 Å². The summed E-state index contributed by atoms with van der Waals surface area (Å²) in [4.78, 5) is 0. The van der Waals surface area contributed by atoms with Crippen molar-refractivity contribution >= 4 is 10.9 Å². The van der Waals surface area contributed by atoms with Crippen LogP contribution in [0, 0.1) is 0 Å². The first kappa shape index (κ1) is 13.1. The number of rotatable bonds is 5. The molecule has 0 bridgehead atoms. The molecular formula is C14H21N3O. The molecule has 0 spiro atoms. The average Bonchev–Trinajstić information content (AvgIpc) is 2.82. The summed E-state index contributed by atoms with van der Waals surface area (Å²) in [5.74, 6) is 0. The van der Waals surface area contributed by atoms with Gasteiger partial charge in [0.2, 0.25) is 0 Å². The van der Waals surface area contributed by atoms with E-state index in [2.05, 4.69) is 29.5 Å². The van der Waals surface area contributed by atoms with Gasteiger partial charge in [0.1, 0.15) is 0 Å². The highest BCUT2D eigenvalue weighted by Crippen LogP contribution is 2.24. The van der Waals surface area contributed by atoms with Crippen molar-refractivity contribution < 1.29 is 5.11 Å². The zero-order chi connectivity index (χ0) is 13.2. The summed E-state index contributed by atoms with van der Waals surface area (Å²) in [7, 11) is 1.88. The fourth-order valence-corrected chi connectivity index (χ4v) is 2.33. The molecule has 0 aliphatic rings. The average molecular weight is 247 g/mol. The van der Waals surface area contributed by atoms with Gasteiger partial charge in [-0.1, -0.05) is 18.2 Å². The van der Waals surface area contributed by atoms with E-state index < -0.39 is 0 Å². The molecule has 4 nitrogen and oxygen atoms in total. The maximum absolute atomic E-state index is 9.45. The minimum atomic E-state index is -0.271. The third kappa shape index (κ3) is 2.40. The zero-order valence-corrected chi connectivity index (χ0v) is 11.2. The first-order valence-electron chi connectivity index (χ1n) is 6.31. The molecule has 0 saturated heterocycles. The van der Waals surface area contributed by atoms with Crippen LogP contribution in [0.15, 0.2) is 30.5 Å². The normalized spacial score (nSPS) is 16.7. The summed E-state index contributed by atoms with van der Waals surface area (Å²) in [6, 6.07) is 8.42. The van der Waals surface area contributed by atoms with Crippen molar-refractivity contribution in [2.24, 2.45) is 0 Å². The second-order valence-electron chi connectivity index (χ2n) is 5.17. The highest BCUT2D eigenvalue weighted by atomic mass is 16.3. The van der Waals surface area contributed by atoms with Gasteiger partial charge >= 0.3 is 0 Å². The lowest BCUT2D eigenvalue weighted by Gasteiger charge is -2.30. The topological polar surface area (TPSA) is 50.1 Å². The van der Waals surface area contributed by atoms with Crippen LogP contribution in [-0.4, -0.2) is 34.1 Å².